The quantitative estimate of drug-likeness (QED) is 0.694. The summed E-state index contributed by atoms with van der Waals surface area (Å²) in [5.41, 5.74) is 2.80. The van der Waals surface area contributed by atoms with E-state index in [2.05, 4.69) is 31.6 Å². The number of halogens is 2. The molecular formula is C12H10BrFN4O. The number of hydrogen-bond donors (Lipinski definition) is 1. The van der Waals surface area contributed by atoms with Crippen molar-refractivity contribution in [3.8, 4) is 0 Å². The monoisotopic (exact) mass is 324 g/mol. The molecule has 0 radical (unpaired) electrons. The Balaban J connectivity index is 2.05. The van der Waals surface area contributed by atoms with E-state index in [-0.39, 0.29) is 5.69 Å². The molecule has 19 heavy (non-hydrogen) atoms. The first kappa shape index (κ1) is 13.4. The molecule has 1 amide bonds. The van der Waals surface area contributed by atoms with Crippen LogP contribution in [0.4, 0.5) is 4.39 Å². The Morgan fingerprint density at radius 3 is 2.89 bits per heavy atom. The lowest BCUT2D eigenvalue weighted by atomic mass is 10.2. The third-order valence-corrected chi connectivity index (χ3v) is 2.85. The van der Waals surface area contributed by atoms with E-state index in [0.717, 1.165) is 0 Å². The van der Waals surface area contributed by atoms with Crippen LogP contribution in [0.1, 0.15) is 16.1 Å². The van der Waals surface area contributed by atoms with Crippen LogP contribution in [0.15, 0.2) is 40.0 Å². The topological polar surface area (TPSA) is 59.3 Å². The molecule has 1 aromatic carbocycles. The number of hydrogen-bond acceptors (Lipinski definition) is 3. The van der Waals surface area contributed by atoms with Crippen molar-refractivity contribution in [2.45, 2.75) is 0 Å². The van der Waals surface area contributed by atoms with Crippen molar-refractivity contribution in [2.75, 3.05) is 0 Å². The van der Waals surface area contributed by atoms with E-state index in [9.17, 15) is 9.18 Å². The van der Waals surface area contributed by atoms with Gasteiger partial charge in [0.15, 0.2) is 5.69 Å². The molecule has 98 valence electrons. The van der Waals surface area contributed by atoms with Crippen LogP contribution in [-0.2, 0) is 7.05 Å². The fraction of sp³-hybridized carbons (Fsp3) is 0.0833. The molecule has 0 spiro atoms. The van der Waals surface area contributed by atoms with Crippen molar-refractivity contribution < 1.29 is 9.18 Å². The number of carbonyl (C=O) groups is 1. The van der Waals surface area contributed by atoms with E-state index in [1.807, 2.05) is 0 Å². The number of hydrazone groups is 1. The summed E-state index contributed by atoms with van der Waals surface area (Å²) >= 11 is 3.21. The molecule has 1 heterocycles. The predicted molar refractivity (Wildman–Crippen MR) is 72.4 cm³/mol. The van der Waals surface area contributed by atoms with Gasteiger partial charge in [-0.3, -0.25) is 9.48 Å². The first-order valence-electron chi connectivity index (χ1n) is 5.35. The van der Waals surface area contributed by atoms with Gasteiger partial charge in [-0.1, -0.05) is 18.2 Å². The molecule has 1 N–H and O–H groups in total. The fourth-order valence-corrected chi connectivity index (χ4v) is 1.96. The largest absolute Gasteiger partial charge is 0.293 e. The summed E-state index contributed by atoms with van der Waals surface area (Å²) < 4.78 is 15.3. The molecule has 2 aromatic rings. The van der Waals surface area contributed by atoms with Crippen LogP contribution in [-0.4, -0.2) is 21.9 Å². The molecule has 0 fully saturated rings. The van der Waals surface area contributed by atoms with E-state index in [1.54, 1.807) is 31.4 Å². The molecule has 0 aliphatic carbocycles. The van der Waals surface area contributed by atoms with E-state index in [1.165, 1.54) is 17.0 Å². The van der Waals surface area contributed by atoms with Gasteiger partial charge in [-0.05, 0) is 22.0 Å². The first-order chi connectivity index (χ1) is 9.08. The number of aryl methyl sites for hydroxylation is 1. The highest BCUT2D eigenvalue weighted by Crippen LogP contribution is 2.13. The van der Waals surface area contributed by atoms with E-state index in [0.29, 0.717) is 10.0 Å². The van der Waals surface area contributed by atoms with E-state index < -0.39 is 11.7 Å². The molecule has 5 nitrogen and oxygen atoms in total. The van der Waals surface area contributed by atoms with Crippen molar-refractivity contribution in [2.24, 2.45) is 12.1 Å². The minimum Gasteiger partial charge on any atom is -0.274 e. The summed E-state index contributed by atoms with van der Waals surface area (Å²) in [5.74, 6) is -0.875. The molecule has 1 aromatic heterocycles. The van der Waals surface area contributed by atoms with Crippen molar-refractivity contribution in [3.05, 3.63) is 52.0 Å². The smallest absolute Gasteiger partial charge is 0.274 e. The Morgan fingerprint density at radius 2 is 2.26 bits per heavy atom. The summed E-state index contributed by atoms with van der Waals surface area (Å²) in [5, 5.41) is 7.66. The molecule has 0 unspecified atom stereocenters. The highest BCUT2D eigenvalue weighted by Gasteiger charge is 2.13. The van der Waals surface area contributed by atoms with Gasteiger partial charge in [0.2, 0.25) is 0 Å². The summed E-state index contributed by atoms with van der Waals surface area (Å²) in [6, 6.07) is 6.14. The van der Waals surface area contributed by atoms with Crippen LogP contribution < -0.4 is 5.43 Å². The second-order valence-electron chi connectivity index (χ2n) is 3.72. The number of nitrogens with one attached hydrogen (secondary N) is 1. The summed E-state index contributed by atoms with van der Waals surface area (Å²) in [6.07, 6.45) is 2.89. The van der Waals surface area contributed by atoms with Gasteiger partial charge in [0.1, 0.15) is 5.82 Å². The lowest BCUT2D eigenvalue weighted by Gasteiger charge is -1.97. The Morgan fingerprint density at radius 1 is 1.53 bits per heavy atom. The molecular weight excluding hydrogens is 315 g/mol. The molecule has 0 atom stereocenters. The Kier molecular flexibility index (Phi) is 4.06. The number of amides is 1. The average molecular weight is 325 g/mol. The van der Waals surface area contributed by atoms with Crippen LogP contribution in [0.3, 0.4) is 0 Å². The lowest BCUT2D eigenvalue weighted by Crippen LogP contribution is -2.19. The number of carbonyl (C=O) groups excluding carboxylic acids is 1. The van der Waals surface area contributed by atoms with Gasteiger partial charge >= 0.3 is 0 Å². The van der Waals surface area contributed by atoms with Gasteiger partial charge in [0, 0.05) is 18.8 Å². The molecule has 0 saturated carbocycles. The van der Waals surface area contributed by atoms with Crippen LogP contribution in [0.2, 0.25) is 0 Å². The molecule has 0 aliphatic rings. The van der Waals surface area contributed by atoms with Crippen LogP contribution in [0.5, 0.6) is 0 Å². The van der Waals surface area contributed by atoms with Gasteiger partial charge in [0.05, 0.1) is 10.7 Å². The number of benzene rings is 1. The van der Waals surface area contributed by atoms with Gasteiger partial charge in [-0.25, -0.2) is 9.82 Å². The second-order valence-corrected chi connectivity index (χ2v) is 4.57. The lowest BCUT2D eigenvalue weighted by molar-refractivity contribution is 0.0948. The predicted octanol–water partition coefficient (Wildman–Crippen LogP) is 2.09. The minimum atomic E-state index is -0.472. The normalized spacial score (nSPS) is 10.9. The van der Waals surface area contributed by atoms with Gasteiger partial charge < -0.3 is 0 Å². The number of aromatic nitrogens is 2. The maximum absolute atomic E-state index is 13.3. The van der Waals surface area contributed by atoms with Crippen LogP contribution in [0.25, 0.3) is 0 Å². The maximum Gasteiger partial charge on any atom is 0.293 e. The molecule has 0 saturated heterocycles. The number of rotatable bonds is 3. The van der Waals surface area contributed by atoms with Crippen LogP contribution in [0, 0.1) is 5.82 Å². The second kappa shape index (κ2) is 5.75. The molecule has 0 bridgehead atoms. The highest BCUT2D eigenvalue weighted by atomic mass is 79.9. The van der Waals surface area contributed by atoms with Crippen molar-refractivity contribution >= 4 is 28.1 Å². The summed E-state index contributed by atoms with van der Waals surface area (Å²) in [7, 11) is 1.70. The van der Waals surface area contributed by atoms with Gasteiger partial charge in [-0.15, -0.1) is 0 Å². The Hall–Kier alpha value is -2.02. The van der Waals surface area contributed by atoms with E-state index in [4.69, 9.17) is 0 Å². The number of nitrogens with zero attached hydrogens (tertiary/aromatic N) is 3. The van der Waals surface area contributed by atoms with Gasteiger partial charge in [0.25, 0.3) is 5.91 Å². The van der Waals surface area contributed by atoms with Gasteiger partial charge in [-0.2, -0.15) is 10.2 Å². The minimum absolute atomic E-state index is 0.216. The molecule has 0 aliphatic heterocycles. The molecule has 7 heteroatoms. The average Bonchev–Trinajstić information content (AvgIpc) is 2.71. The standard InChI is InChI=1S/C12H10BrFN4O/c1-18-7-9(13)11(17-18)12(19)16-15-6-8-4-2-3-5-10(8)14/h2-7H,1H3,(H,16,19). The first-order valence-corrected chi connectivity index (χ1v) is 6.14. The SMILES string of the molecule is Cn1cc(Br)c(C(=O)NN=Cc2ccccc2F)n1. The van der Waals surface area contributed by atoms with E-state index >= 15 is 0 Å². The van der Waals surface area contributed by atoms with Crippen molar-refractivity contribution in [3.63, 3.8) is 0 Å². The molecule has 2 rings (SSSR count). The third-order valence-electron chi connectivity index (χ3n) is 2.27. The zero-order valence-electron chi connectivity index (χ0n) is 9.97. The zero-order chi connectivity index (χ0) is 13.8. The maximum atomic E-state index is 13.3. The highest BCUT2D eigenvalue weighted by molar-refractivity contribution is 9.10. The Labute approximate surface area is 117 Å². The van der Waals surface area contributed by atoms with Crippen molar-refractivity contribution in [1.82, 2.24) is 15.2 Å². The fourth-order valence-electron chi connectivity index (χ4n) is 1.41. The third kappa shape index (κ3) is 3.25. The Bertz CT molecular complexity index is 638. The van der Waals surface area contributed by atoms with Crippen LogP contribution >= 0.6 is 15.9 Å². The summed E-state index contributed by atoms with van der Waals surface area (Å²) in [4.78, 5) is 11.7. The zero-order valence-corrected chi connectivity index (χ0v) is 11.6. The van der Waals surface area contributed by atoms with Crippen molar-refractivity contribution in [1.29, 1.82) is 0 Å². The summed E-state index contributed by atoms with van der Waals surface area (Å²) in [6.45, 7) is 0.